The molecule has 0 bridgehead atoms. The van der Waals surface area contributed by atoms with Gasteiger partial charge in [-0.25, -0.2) is 4.39 Å². The summed E-state index contributed by atoms with van der Waals surface area (Å²) >= 11 is 9.05. The smallest absolute Gasteiger partial charge is 0.142 e. The zero-order valence-electron chi connectivity index (χ0n) is 10.3. The van der Waals surface area contributed by atoms with E-state index >= 15 is 0 Å². The second-order valence-corrected chi connectivity index (χ2v) is 6.04. The Labute approximate surface area is 129 Å². The van der Waals surface area contributed by atoms with Gasteiger partial charge in [0.15, 0.2) is 0 Å². The van der Waals surface area contributed by atoms with Gasteiger partial charge in [-0.1, -0.05) is 39.7 Å². The Balaban J connectivity index is 1.96. The Hall–Kier alpha value is -1.10. The third-order valence-electron chi connectivity index (χ3n) is 3.36. The number of ether oxygens (including phenoxy) is 1. The van der Waals surface area contributed by atoms with Crippen LogP contribution in [-0.2, 0) is 0 Å². The van der Waals surface area contributed by atoms with Gasteiger partial charge in [-0.05, 0) is 29.8 Å². The quantitative estimate of drug-likeness (QED) is 0.794. The van der Waals surface area contributed by atoms with E-state index in [2.05, 4.69) is 15.9 Å². The summed E-state index contributed by atoms with van der Waals surface area (Å²) in [4.78, 5) is 0. The summed E-state index contributed by atoms with van der Waals surface area (Å²) in [5.41, 5.74) is 1.41. The molecule has 0 aromatic heterocycles. The monoisotopic (exact) mass is 356 g/mol. The molecule has 1 N–H and O–H groups in total. The van der Waals surface area contributed by atoms with E-state index in [1.807, 2.05) is 12.1 Å². The van der Waals surface area contributed by atoms with Crippen molar-refractivity contribution in [3.05, 3.63) is 62.8 Å². The first kappa shape index (κ1) is 13.9. The summed E-state index contributed by atoms with van der Waals surface area (Å²) in [5, 5.41) is 10.3. The highest BCUT2D eigenvalue weighted by atomic mass is 79.9. The lowest BCUT2D eigenvalue weighted by molar-refractivity contribution is 0.0655. The molecule has 1 aliphatic heterocycles. The van der Waals surface area contributed by atoms with Gasteiger partial charge in [0, 0.05) is 16.5 Å². The second-order valence-electron chi connectivity index (χ2n) is 4.71. The third kappa shape index (κ3) is 2.55. The number of benzene rings is 2. The number of hydrogen-bond acceptors (Lipinski definition) is 2. The second kappa shape index (κ2) is 5.35. The molecule has 0 radical (unpaired) electrons. The lowest BCUT2D eigenvalue weighted by Crippen LogP contribution is -2.19. The highest BCUT2D eigenvalue weighted by Gasteiger charge is 2.28. The van der Waals surface area contributed by atoms with Gasteiger partial charge in [0.2, 0.25) is 0 Å². The van der Waals surface area contributed by atoms with Crippen LogP contribution in [0.15, 0.2) is 40.9 Å². The van der Waals surface area contributed by atoms with Crippen LogP contribution >= 0.6 is 27.5 Å². The molecule has 2 nitrogen and oxygen atoms in total. The first-order chi connectivity index (χ1) is 9.54. The van der Waals surface area contributed by atoms with Gasteiger partial charge in [-0.15, -0.1) is 0 Å². The minimum Gasteiger partial charge on any atom is -0.485 e. The van der Waals surface area contributed by atoms with Gasteiger partial charge in [0.25, 0.3) is 0 Å². The molecule has 5 heteroatoms. The average molecular weight is 358 g/mol. The Morgan fingerprint density at radius 2 is 2.05 bits per heavy atom. The molecule has 0 aliphatic carbocycles. The van der Waals surface area contributed by atoms with Crippen LogP contribution in [0.4, 0.5) is 4.39 Å². The van der Waals surface area contributed by atoms with Crippen molar-refractivity contribution in [1.82, 2.24) is 0 Å². The van der Waals surface area contributed by atoms with Crippen LogP contribution in [0.3, 0.4) is 0 Å². The van der Waals surface area contributed by atoms with Crippen molar-refractivity contribution in [3.8, 4) is 5.75 Å². The van der Waals surface area contributed by atoms with Crippen LogP contribution in [0.25, 0.3) is 0 Å². The number of rotatable bonds is 1. The van der Waals surface area contributed by atoms with E-state index in [4.69, 9.17) is 16.3 Å². The van der Waals surface area contributed by atoms with Crippen LogP contribution < -0.4 is 4.74 Å². The van der Waals surface area contributed by atoms with Crippen LogP contribution in [0, 0.1) is 5.82 Å². The molecular weight excluding hydrogens is 347 g/mol. The molecule has 0 amide bonds. The van der Waals surface area contributed by atoms with E-state index in [0.29, 0.717) is 17.7 Å². The van der Waals surface area contributed by atoms with Crippen LogP contribution in [0.2, 0.25) is 5.02 Å². The minimum atomic E-state index is -0.629. The van der Waals surface area contributed by atoms with E-state index in [-0.39, 0.29) is 5.02 Å². The van der Waals surface area contributed by atoms with Gasteiger partial charge in [-0.2, -0.15) is 0 Å². The molecule has 1 heterocycles. The Bertz CT molecular complexity index is 662. The lowest BCUT2D eigenvalue weighted by Gasteiger charge is -2.30. The maximum atomic E-state index is 13.5. The van der Waals surface area contributed by atoms with Crippen molar-refractivity contribution in [2.45, 2.75) is 18.6 Å². The van der Waals surface area contributed by atoms with Gasteiger partial charge in [0.05, 0.1) is 11.1 Å². The molecule has 2 atom stereocenters. The van der Waals surface area contributed by atoms with E-state index in [9.17, 15) is 9.50 Å². The van der Waals surface area contributed by atoms with Gasteiger partial charge < -0.3 is 9.84 Å². The summed E-state index contributed by atoms with van der Waals surface area (Å²) in [6, 6.07) is 10.0. The zero-order valence-corrected chi connectivity index (χ0v) is 12.7. The Morgan fingerprint density at radius 1 is 1.25 bits per heavy atom. The maximum Gasteiger partial charge on any atom is 0.142 e. The van der Waals surface area contributed by atoms with Gasteiger partial charge >= 0.3 is 0 Å². The normalized spacial score (nSPS) is 21.2. The number of hydrogen-bond donors (Lipinski definition) is 1. The number of aliphatic hydroxyl groups excluding tert-OH is 1. The molecule has 2 aromatic rings. The molecule has 2 aromatic carbocycles. The Kier molecular flexibility index (Phi) is 3.71. The standard InChI is InChI=1S/C15H11BrClFO2/c16-9-2-3-10-13(19)7-14(20-15(10)6-9)8-1-4-11(17)12(18)5-8/h1-6,13-14,19H,7H2/t13-,14?/m1/s1. The highest BCUT2D eigenvalue weighted by molar-refractivity contribution is 9.10. The molecule has 20 heavy (non-hydrogen) atoms. The molecule has 1 unspecified atom stereocenters. The summed E-state index contributed by atoms with van der Waals surface area (Å²) in [6.45, 7) is 0. The van der Waals surface area contributed by atoms with Gasteiger partial charge in [0.1, 0.15) is 17.7 Å². The summed E-state index contributed by atoms with van der Waals surface area (Å²) in [7, 11) is 0. The van der Waals surface area contributed by atoms with Gasteiger partial charge in [-0.3, -0.25) is 0 Å². The van der Waals surface area contributed by atoms with E-state index in [1.54, 1.807) is 12.1 Å². The summed E-state index contributed by atoms with van der Waals surface area (Å²) < 4.78 is 20.3. The third-order valence-corrected chi connectivity index (χ3v) is 4.16. The van der Waals surface area contributed by atoms with Crippen LogP contribution in [0.5, 0.6) is 5.75 Å². The number of aliphatic hydroxyl groups is 1. The predicted octanol–water partition coefficient (Wildman–Crippen LogP) is 4.80. The fraction of sp³-hybridized carbons (Fsp3) is 0.200. The van der Waals surface area contributed by atoms with E-state index < -0.39 is 18.0 Å². The molecule has 0 saturated carbocycles. The predicted molar refractivity (Wildman–Crippen MR) is 78.5 cm³/mol. The fourth-order valence-electron chi connectivity index (χ4n) is 2.33. The minimum absolute atomic E-state index is 0.0771. The fourth-order valence-corrected chi connectivity index (χ4v) is 2.79. The van der Waals surface area contributed by atoms with E-state index in [1.165, 1.54) is 12.1 Å². The highest BCUT2D eigenvalue weighted by Crippen LogP contribution is 2.42. The van der Waals surface area contributed by atoms with Crippen molar-refractivity contribution >= 4 is 27.5 Å². The molecular formula is C15H11BrClFO2. The van der Waals surface area contributed by atoms with Crippen LogP contribution in [0.1, 0.15) is 29.8 Å². The first-order valence-corrected chi connectivity index (χ1v) is 7.31. The number of halogens is 3. The average Bonchev–Trinajstić information content (AvgIpc) is 2.41. The first-order valence-electron chi connectivity index (χ1n) is 6.13. The summed E-state index contributed by atoms with van der Waals surface area (Å²) in [5.74, 6) is 0.126. The largest absolute Gasteiger partial charge is 0.485 e. The molecule has 1 aliphatic rings. The topological polar surface area (TPSA) is 29.5 Å². The molecule has 0 fully saturated rings. The Morgan fingerprint density at radius 3 is 2.80 bits per heavy atom. The van der Waals surface area contributed by atoms with Crippen molar-refractivity contribution < 1.29 is 14.2 Å². The maximum absolute atomic E-state index is 13.5. The van der Waals surface area contributed by atoms with Crippen molar-refractivity contribution in [2.75, 3.05) is 0 Å². The lowest BCUT2D eigenvalue weighted by atomic mass is 9.95. The molecule has 104 valence electrons. The summed E-state index contributed by atoms with van der Waals surface area (Å²) in [6.07, 6.45) is -0.635. The van der Waals surface area contributed by atoms with E-state index in [0.717, 1.165) is 10.0 Å². The van der Waals surface area contributed by atoms with Crippen LogP contribution in [-0.4, -0.2) is 5.11 Å². The zero-order chi connectivity index (χ0) is 14.3. The van der Waals surface area contributed by atoms with Crippen molar-refractivity contribution in [2.24, 2.45) is 0 Å². The molecule has 0 spiro atoms. The SMILES string of the molecule is O[C@@H]1CC(c2ccc(Cl)c(F)c2)Oc2cc(Br)ccc21. The van der Waals surface area contributed by atoms with Crippen molar-refractivity contribution in [1.29, 1.82) is 0 Å². The molecule has 0 saturated heterocycles. The molecule has 3 rings (SSSR count). The number of fused-ring (bicyclic) bond motifs is 1. The van der Waals surface area contributed by atoms with Crippen molar-refractivity contribution in [3.63, 3.8) is 0 Å².